The quantitative estimate of drug-likeness (QED) is 0.769. The zero-order valence-corrected chi connectivity index (χ0v) is 10.2. The number of hydrogen-bond acceptors (Lipinski definition) is 3. The lowest BCUT2D eigenvalue weighted by Crippen LogP contribution is -2.30. The van der Waals surface area contributed by atoms with Gasteiger partial charge in [0.1, 0.15) is 5.82 Å². The molecule has 0 unspecified atom stereocenters. The molecular formula is C12H18FN3O. The number of likely N-dealkylation sites (N-methyl/N-ethyl adjacent to an activating group) is 1. The van der Waals surface area contributed by atoms with E-state index in [1.165, 1.54) is 18.2 Å². The van der Waals surface area contributed by atoms with Crippen molar-refractivity contribution < 1.29 is 9.18 Å². The van der Waals surface area contributed by atoms with Crippen LogP contribution in [0.4, 0.5) is 15.8 Å². The van der Waals surface area contributed by atoms with Crippen LogP contribution in [0.25, 0.3) is 0 Å². The van der Waals surface area contributed by atoms with Crippen molar-refractivity contribution in [1.82, 2.24) is 4.90 Å². The Morgan fingerprint density at radius 2 is 2.24 bits per heavy atom. The Balaban J connectivity index is 2.58. The first-order valence-corrected chi connectivity index (χ1v) is 5.56. The van der Waals surface area contributed by atoms with Crippen molar-refractivity contribution in [1.29, 1.82) is 0 Å². The van der Waals surface area contributed by atoms with E-state index in [1.54, 1.807) is 0 Å². The zero-order chi connectivity index (χ0) is 12.8. The van der Waals surface area contributed by atoms with Gasteiger partial charge in [0.25, 0.3) is 0 Å². The fourth-order valence-electron chi connectivity index (χ4n) is 1.53. The molecule has 17 heavy (non-hydrogen) atoms. The Bertz CT molecular complexity index is 395. The number of nitrogens with two attached hydrogens (primary N) is 1. The van der Waals surface area contributed by atoms with Crippen LogP contribution in [-0.2, 0) is 4.79 Å². The number of halogens is 1. The van der Waals surface area contributed by atoms with Gasteiger partial charge >= 0.3 is 0 Å². The van der Waals surface area contributed by atoms with E-state index in [-0.39, 0.29) is 12.5 Å². The number of carbonyl (C=O) groups excluding carboxylic acids is 1. The minimum Gasteiger partial charge on any atom is -0.397 e. The van der Waals surface area contributed by atoms with Crippen LogP contribution in [0, 0.1) is 5.82 Å². The molecule has 1 aromatic rings. The summed E-state index contributed by atoms with van der Waals surface area (Å²) in [6.07, 6.45) is 0.978. The van der Waals surface area contributed by atoms with Gasteiger partial charge in [-0.2, -0.15) is 0 Å². The second-order valence-electron chi connectivity index (χ2n) is 4.02. The van der Waals surface area contributed by atoms with Gasteiger partial charge in [0.05, 0.1) is 17.9 Å². The Kier molecular flexibility index (Phi) is 4.90. The van der Waals surface area contributed by atoms with Gasteiger partial charge in [-0.15, -0.1) is 0 Å². The maximum absolute atomic E-state index is 13.0. The summed E-state index contributed by atoms with van der Waals surface area (Å²) in [6, 6.07) is 3.90. The van der Waals surface area contributed by atoms with Gasteiger partial charge in [0, 0.05) is 0 Å². The van der Waals surface area contributed by atoms with Gasteiger partial charge in [-0.1, -0.05) is 6.92 Å². The maximum atomic E-state index is 13.0. The van der Waals surface area contributed by atoms with Crippen molar-refractivity contribution in [3.63, 3.8) is 0 Å². The molecule has 0 fully saturated rings. The van der Waals surface area contributed by atoms with Gasteiger partial charge < -0.3 is 11.1 Å². The van der Waals surface area contributed by atoms with Crippen LogP contribution in [0.2, 0.25) is 0 Å². The number of rotatable bonds is 5. The molecule has 0 heterocycles. The third kappa shape index (κ3) is 4.40. The van der Waals surface area contributed by atoms with Crippen molar-refractivity contribution in [3.8, 4) is 0 Å². The Hall–Kier alpha value is -1.62. The molecule has 94 valence electrons. The summed E-state index contributed by atoms with van der Waals surface area (Å²) < 4.78 is 13.0. The number of nitrogens with one attached hydrogen (secondary N) is 1. The molecule has 0 aromatic heterocycles. The summed E-state index contributed by atoms with van der Waals surface area (Å²) in [5.74, 6) is -0.616. The van der Waals surface area contributed by atoms with Crippen molar-refractivity contribution in [2.24, 2.45) is 0 Å². The highest BCUT2D eigenvalue weighted by Crippen LogP contribution is 2.18. The van der Waals surface area contributed by atoms with Crippen LogP contribution in [0.5, 0.6) is 0 Å². The predicted molar refractivity (Wildman–Crippen MR) is 67.2 cm³/mol. The van der Waals surface area contributed by atoms with E-state index in [9.17, 15) is 9.18 Å². The molecule has 4 nitrogen and oxygen atoms in total. The molecule has 0 spiro atoms. The van der Waals surface area contributed by atoms with Gasteiger partial charge in [-0.05, 0) is 38.2 Å². The van der Waals surface area contributed by atoms with Crippen LogP contribution in [0.15, 0.2) is 18.2 Å². The molecule has 0 aliphatic heterocycles. The fraction of sp³-hybridized carbons (Fsp3) is 0.417. The molecule has 0 atom stereocenters. The van der Waals surface area contributed by atoms with Crippen LogP contribution in [-0.4, -0.2) is 30.9 Å². The molecule has 1 rings (SSSR count). The predicted octanol–water partition coefficient (Wildman–Crippen LogP) is 1.69. The largest absolute Gasteiger partial charge is 0.397 e. The molecule has 5 heteroatoms. The van der Waals surface area contributed by atoms with E-state index in [0.717, 1.165) is 13.0 Å². The molecule has 1 aromatic carbocycles. The van der Waals surface area contributed by atoms with E-state index in [0.29, 0.717) is 11.4 Å². The summed E-state index contributed by atoms with van der Waals surface area (Å²) >= 11 is 0. The smallest absolute Gasteiger partial charge is 0.238 e. The van der Waals surface area contributed by atoms with Gasteiger partial charge in [0.2, 0.25) is 5.91 Å². The second-order valence-corrected chi connectivity index (χ2v) is 4.02. The van der Waals surface area contributed by atoms with Crippen LogP contribution in [0.1, 0.15) is 13.3 Å². The highest BCUT2D eigenvalue weighted by atomic mass is 19.1. The van der Waals surface area contributed by atoms with Gasteiger partial charge in [-0.25, -0.2) is 4.39 Å². The Morgan fingerprint density at radius 1 is 1.53 bits per heavy atom. The number of nitrogens with zero attached hydrogens (tertiary/aromatic N) is 1. The van der Waals surface area contributed by atoms with Crippen LogP contribution >= 0.6 is 0 Å². The molecule has 1 amide bonds. The van der Waals surface area contributed by atoms with E-state index in [1.807, 2.05) is 18.9 Å². The highest BCUT2D eigenvalue weighted by Gasteiger charge is 2.08. The lowest BCUT2D eigenvalue weighted by molar-refractivity contribution is -0.117. The molecule has 0 saturated heterocycles. The topological polar surface area (TPSA) is 58.4 Å². The molecular weight excluding hydrogens is 221 g/mol. The summed E-state index contributed by atoms with van der Waals surface area (Å²) in [7, 11) is 1.86. The number of hydrogen-bond donors (Lipinski definition) is 2. The first-order chi connectivity index (χ1) is 8.02. The first-order valence-electron chi connectivity index (χ1n) is 5.56. The molecule has 0 aliphatic rings. The van der Waals surface area contributed by atoms with Gasteiger partial charge in [-0.3, -0.25) is 9.69 Å². The number of nitrogen functional groups attached to an aromatic ring is 1. The molecule has 3 N–H and O–H groups in total. The molecule has 0 aliphatic carbocycles. The average molecular weight is 239 g/mol. The number of benzene rings is 1. The molecule has 0 bridgehead atoms. The van der Waals surface area contributed by atoms with Crippen LogP contribution < -0.4 is 11.1 Å². The average Bonchev–Trinajstić information content (AvgIpc) is 2.23. The normalized spacial score (nSPS) is 10.6. The summed E-state index contributed by atoms with van der Waals surface area (Å²) in [5.41, 5.74) is 6.31. The monoisotopic (exact) mass is 239 g/mol. The van der Waals surface area contributed by atoms with Crippen molar-refractivity contribution in [2.45, 2.75) is 13.3 Å². The second kappa shape index (κ2) is 6.20. The van der Waals surface area contributed by atoms with Gasteiger partial charge in [0.15, 0.2) is 0 Å². The molecule has 0 saturated carbocycles. The highest BCUT2D eigenvalue weighted by molar-refractivity contribution is 5.95. The Labute approximate surface area is 101 Å². The number of amides is 1. The van der Waals surface area contributed by atoms with Crippen molar-refractivity contribution >= 4 is 17.3 Å². The number of carbonyl (C=O) groups is 1. The van der Waals surface area contributed by atoms with E-state index in [2.05, 4.69) is 5.32 Å². The van der Waals surface area contributed by atoms with E-state index in [4.69, 9.17) is 5.73 Å². The van der Waals surface area contributed by atoms with E-state index >= 15 is 0 Å². The maximum Gasteiger partial charge on any atom is 0.238 e. The summed E-state index contributed by atoms with van der Waals surface area (Å²) in [5, 5.41) is 2.59. The van der Waals surface area contributed by atoms with Crippen LogP contribution in [0.3, 0.4) is 0 Å². The SMILES string of the molecule is CCCN(C)CC(=O)Nc1cc(F)ccc1N. The van der Waals surface area contributed by atoms with Crippen molar-refractivity contribution in [2.75, 3.05) is 31.2 Å². The number of anilines is 2. The third-order valence-corrected chi connectivity index (χ3v) is 2.31. The lowest BCUT2D eigenvalue weighted by atomic mass is 10.2. The van der Waals surface area contributed by atoms with E-state index < -0.39 is 5.82 Å². The fourth-order valence-corrected chi connectivity index (χ4v) is 1.53. The summed E-state index contributed by atoms with van der Waals surface area (Å²) in [6.45, 7) is 3.15. The first kappa shape index (κ1) is 13.4. The third-order valence-electron chi connectivity index (χ3n) is 2.31. The summed E-state index contributed by atoms with van der Waals surface area (Å²) in [4.78, 5) is 13.5. The minimum atomic E-state index is -0.420. The Morgan fingerprint density at radius 3 is 2.88 bits per heavy atom. The lowest BCUT2D eigenvalue weighted by Gasteiger charge is -2.15. The van der Waals surface area contributed by atoms with Crippen molar-refractivity contribution in [3.05, 3.63) is 24.0 Å². The minimum absolute atomic E-state index is 0.196. The zero-order valence-electron chi connectivity index (χ0n) is 10.2. The molecule has 0 radical (unpaired) electrons. The standard InChI is InChI=1S/C12H18FN3O/c1-3-6-16(2)8-12(17)15-11-7-9(13)4-5-10(11)14/h4-5,7H,3,6,8,14H2,1-2H3,(H,15,17).